The fourth-order valence-electron chi connectivity index (χ4n) is 2.39. The number of carbonyl (C=O) groups excluding carboxylic acids is 1. The van der Waals surface area contributed by atoms with Gasteiger partial charge in [0.25, 0.3) is 6.09 Å². The highest BCUT2D eigenvalue weighted by Gasteiger charge is 2.34. The molecule has 0 saturated carbocycles. The molecule has 0 aromatic heterocycles. The van der Waals surface area contributed by atoms with Crippen molar-refractivity contribution in [1.82, 2.24) is 4.90 Å². The van der Waals surface area contributed by atoms with Gasteiger partial charge in [0.2, 0.25) is 0 Å². The van der Waals surface area contributed by atoms with E-state index in [1.165, 1.54) is 38.5 Å². The number of hydrogen-bond donors (Lipinski definition) is 0. The standard InChI is InChI=1S/C13H26N2O2/c1-3-4-5-6-7-8-9-14-10-11-15(2,12-14)13(16)17/h3-12H2,1-2H3. The van der Waals surface area contributed by atoms with Crippen LogP contribution in [0.1, 0.15) is 45.4 Å². The van der Waals surface area contributed by atoms with Crippen molar-refractivity contribution in [2.45, 2.75) is 45.4 Å². The highest BCUT2D eigenvalue weighted by atomic mass is 16.4. The van der Waals surface area contributed by atoms with Crippen LogP contribution in [0, 0.1) is 0 Å². The highest BCUT2D eigenvalue weighted by Crippen LogP contribution is 2.14. The van der Waals surface area contributed by atoms with Crippen LogP contribution in [0.25, 0.3) is 0 Å². The van der Waals surface area contributed by atoms with Crippen molar-refractivity contribution in [1.29, 1.82) is 0 Å². The maximum Gasteiger partial charge on any atom is 0.258 e. The quantitative estimate of drug-likeness (QED) is 0.501. The van der Waals surface area contributed by atoms with Crippen molar-refractivity contribution in [3.05, 3.63) is 0 Å². The van der Waals surface area contributed by atoms with E-state index in [1.54, 1.807) is 7.05 Å². The summed E-state index contributed by atoms with van der Waals surface area (Å²) in [4.78, 5) is 13.2. The Kier molecular flexibility index (Phi) is 5.92. The predicted octanol–water partition coefficient (Wildman–Crippen LogP) is 1.41. The second-order valence-electron chi connectivity index (χ2n) is 5.41. The van der Waals surface area contributed by atoms with Gasteiger partial charge in [-0.3, -0.25) is 9.38 Å². The van der Waals surface area contributed by atoms with E-state index in [9.17, 15) is 9.90 Å². The molecule has 0 spiro atoms. The third kappa shape index (κ3) is 4.64. The predicted molar refractivity (Wildman–Crippen MR) is 66.3 cm³/mol. The lowest BCUT2D eigenvalue weighted by Gasteiger charge is -2.28. The number of carbonyl (C=O) groups is 1. The van der Waals surface area contributed by atoms with E-state index in [0.717, 1.165) is 13.1 Å². The van der Waals surface area contributed by atoms with Crippen LogP contribution < -0.4 is 5.11 Å². The summed E-state index contributed by atoms with van der Waals surface area (Å²) < 4.78 is 0.0514. The van der Waals surface area contributed by atoms with Crippen molar-refractivity contribution < 1.29 is 14.4 Å². The fraction of sp³-hybridized carbons (Fsp3) is 0.923. The Labute approximate surface area is 105 Å². The summed E-state index contributed by atoms with van der Waals surface area (Å²) >= 11 is 0. The van der Waals surface area contributed by atoms with Crippen LogP contribution in [0.2, 0.25) is 0 Å². The number of rotatable bonds is 7. The molecule has 1 saturated heterocycles. The summed E-state index contributed by atoms with van der Waals surface area (Å²) in [6, 6.07) is 0. The van der Waals surface area contributed by atoms with Crippen LogP contribution in [-0.4, -0.2) is 48.8 Å². The largest absolute Gasteiger partial charge is 0.498 e. The van der Waals surface area contributed by atoms with E-state index in [-0.39, 0.29) is 4.48 Å². The van der Waals surface area contributed by atoms with Crippen LogP contribution in [-0.2, 0) is 0 Å². The molecule has 0 aliphatic carbocycles. The first-order valence-electron chi connectivity index (χ1n) is 6.87. The van der Waals surface area contributed by atoms with Gasteiger partial charge in [-0.25, -0.2) is 0 Å². The third-order valence-corrected chi connectivity index (χ3v) is 3.69. The van der Waals surface area contributed by atoms with Crippen molar-refractivity contribution >= 4 is 6.09 Å². The number of unbranched alkanes of at least 4 members (excludes halogenated alkanes) is 5. The van der Waals surface area contributed by atoms with Crippen molar-refractivity contribution in [2.24, 2.45) is 0 Å². The minimum Gasteiger partial charge on any atom is -0.498 e. The lowest BCUT2D eigenvalue weighted by Crippen LogP contribution is -2.55. The summed E-state index contributed by atoms with van der Waals surface area (Å²) in [6.45, 7) is 5.44. The van der Waals surface area contributed by atoms with Crippen LogP contribution in [0.3, 0.4) is 0 Å². The SMILES string of the molecule is CCCCCCCCN1CC[N+](C)(C(=O)[O-])C1. The van der Waals surface area contributed by atoms with Gasteiger partial charge >= 0.3 is 0 Å². The molecule has 1 atom stereocenters. The molecule has 1 unspecified atom stereocenters. The minimum atomic E-state index is -0.949. The number of carboxylic acid groups (broad SMARTS) is 1. The molecule has 0 bridgehead atoms. The van der Waals surface area contributed by atoms with E-state index in [2.05, 4.69) is 11.8 Å². The molecule has 0 N–H and O–H groups in total. The Morgan fingerprint density at radius 3 is 2.47 bits per heavy atom. The van der Waals surface area contributed by atoms with E-state index >= 15 is 0 Å². The lowest BCUT2D eigenvalue weighted by molar-refractivity contribution is -0.849. The average Bonchev–Trinajstić information content (AvgIpc) is 2.67. The van der Waals surface area contributed by atoms with E-state index in [4.69, 9.17) is 0 Å². The normalized spacial score (nSPS) is 25.3. The number of hydrogen-bond acceptors (Lipinski definition) is 3. The molecule has 17 heavy (non-hydrogen) atoms. The summed E-state index contributed by atoms with van der Waals surface area (Å²) in [7, 11) is 1.75. The maximum absolute atomic E-state index is 11.0. The zero-order valence-corrected chi connectivity index (χ0v) is 11.3. The van der Waals surface area contributed by atoms with Gasteiger partial charge in [0, 0.05) is 6.54 Å². The highest BCUT2D eigenvalue weighted by molar-refractivity contribution is 5.53. The molecule has 1 rings (SSSR count). The van der Waals surface area contributed by atoms with E-state index in [1.807, 2.05) is 0 Å². The van der Waals surface area contributed by atoms with Crippen molar-refractivity contribution in [2.75, 3.05) is 33.4 Å². The van der Waals surface area contributed by atoms with Gasteiger partial charge < -0.3 is 9.90 Å². The summed E-state index contributed by atoms with van der Waals surface area (Å²) in [6.07, 6.45) is 6.78. The first-order valence-corrected chi connectivity index (χ1v) is 6.87. The Balaban J connectivity index is 2.08. The molecule has 1 amide bonds. The molecule has 0 aromatic rings. The Morgan fingerprint density at radius 2 is 1.88 bits per heavy atom. The van der Waals surface area contributed by atoms with Gasteiger partial charge in [0.1, 0.15) is 6.67 Å². The second kappa shape index (κ2) is 6.97. The summed E-state index contributed by atoms with van der Waals surface area (Å²) in [5.41, 5.74) is 0. The summed E-state index contributed by atoms with van der Waals surface area (Å²) in [5, 5.41) is 11.0. The van der Waals surface area contributed by atoms with Crippen molar-refractivity contribution in [3.63, 3.8) is 0 Å². The number of likely N-dealkylation sites (N-methyl/N-ethyl adjacent to an activating group) is 1. The molecule has 4 nitrogen and oxygen atoms in total. The Bertz CT molecular complexity index is 246. The Morgan fingerprint density at radius 1 is 1.24 bits per heavy atom. The fourth-order valence-corrected chi connectivity index (χ4v) is 2.39. The van der Waals surface area contributed by atoms with Crippen LogP contribution in [0.5, 0.6) is 0 Å². The van der Waals surface area contributed by atoms with Gasteiger partial charge in [-0.1, -0.05) is 39.0 Å². The molecule has 0 aromatic carbocycles. The maximum atomic E-state index is 11.0. The Hall–Kier alpha value is -0.610. The van der Waals surface area contributed by atoms with Gasteiger partial charge in [0.15, 0.2) is 0 Å². The van der Waals surface area contributed by atoms with Gasteiger partial charge in [-0.05, 0) is 6.42 Å². The zero-order chi connectivity index (χ0) is 12.7. The molecule has 1 fully saturated rings. The van der Waals surface area contributed by atoms with Gasteiger partial charge in [0.05, 0.1) is 20.1 Å². The number of quaternary nitrogens is 1. The molecule has 1 aliphatic rings. The average molecular weight is 242 g/mol. The zero-order valence-electron chi connectivity index (χ0n) is 11.3. The van der Waals surface area contributed by atoms with Crippen LogP contribution in [0.15, 0.2) is 0 Å². The van der Waals surface area contributed by atoms with E-state index in [0.29, 0.717) is 13.2 Å². The molecular weight excluding hydrogens is 216 g/mol. The second-order valence-corrected chi connectivity index (χ2v) is 5.41. The van der Waals surface area contributed by atoms with E-state index < -0.39 is 6.09 Å². The first kappa shape index (κ1) is 14.5. The van der Waals surface area contributed by atoms with Crippen LogP contribution >= 0.6 is 0 Å². The van der Waals surface area contributed by atoms with Crippen molar-refractivity contribution in [3.8, 4) is 0 Å². The van der Waals surface area contributed by atoms with Gasteiger partial charge in [-0.2, -0.15) is 0 Å². The molecule has 0 radical (unpaired) electrons. The van der Waals surface area contributed by atoms with Crippen LogP contribution in [0.4, 0.5) is 4.79 Å². The topological polar surface area (TPSA) is 43.4 Å². The smallest absolute Gasteiger partial charge is 0.258 e. The first-order chi connectivity index (χ1) is 8.08. The number of nitrogens with zero attached hydrogens (tertiary/aromatic N) is 2. The monoisotopic (exact) mass is 242 g/mol. The molecule has 4 heteroatoms. The number of amides is 1. The minimum absolute atomic E-state index is 0.0514. The molecule has 1 aliphatic heterocycles. The lowest BCUT2D eigenvalue weighted by atomic mass is 10.1. The molecule has 1 heterocycles. The molecule has 100 valence electrons. The van der Waals surface area contributed by atoms with Gasteiger partial charge in [-0.15, -0.1) is 0 Å². The third-order valence-electron chi connectivity index (χ3n) is 3.69. The molecular formula is C13H26N2O2. The summed E-state index contributed by atoms with van der Waals surface area (Å²) in [5.74, 6) is 0.